The zero-order valence-electron chi connectivity index (χ0n) is 17.5. The highest BCUT2D eigenvalue weighted by molar-refractivity contribution is 5.99. The van der Waals surface area contributed by atoms with Crippen LogP contribution in [0.15, 0.2) is 35.0 Å². The summed E-state index contributed by atoms with van der Waals surface area (Å²) >= 11 is 0. The lowest BCUT2D eigenvalue weighted by molar-refractivity contribution is 0.0654. The highest BCUT2D eigenvalue weighted by Crippen LogP contribution is 2.30. The van der Waals surface area contributed by atoms with Gasteiger partial charge < -0.3 is 19.4 Å². The first-order valence-electron chi connectivity index (χ1n) is 10.1. The molecule has 8 heteroatoms. The Balaban J connectivity index is 1.35. The molecule has 0 spiro atoms. The van der Waals surface area contributed by atoms with Crippen LogP contribution in [0.5, 0.6) is 5.75 Å². The van der Waals surface area contributed by atoms with Crippen molar-refractivity contribution in [1.29, 1.82) is 0 Å². The van der Waals surface area contributed by atoms with Crippen molar-refractivity contribution in [2.45, 2.75) is 19.8 Å². The normalized spacial score (nSPS) is 14.8. The monoisotopic (exact) mass is 410 g/mol. The third kappa shape index (κ3) is 3.90. The fraction of sp³-hybridized carbons (Fsp3) is 0.409. The van der Waals surface area contributed by atoms with Gasteiger partial charge in [-0.05, 0) is 43.9 Å². The molecule has 4 rings (SSSR count). The molecule has 30 heavy (non-hydrogen) atoms. The van der Waals surface area contributed by atoms with Crippen LogP contribution in [0.2, 0.25) is 0 Å². The number of aromatic nitrogens is 2. The minimum atomic E-state index is -0.116. The zero-order valence-corrected chi connectivity index (χ0v) is 17.5. The van der Waals surface area contributed by atoms with E-state index in [2.05, 4.69) is 10.4 Å². The van der Waals surface area contributed by atoms with Crippen molar-refractivity contribution < 1.29 is 18.7 Å². The topological polar surface area (TPSA) is 89.6 Å². The number of hydrogen-bond acceptors (Lipinski definition) is 5. The summed E-state index contributed by atoms with van der Waals surface area (Å²) in [5, 5.41) is 7.88. The van der Waals surface area contributed by atoms with Crippen LogP contribution >= 0.6 is 0 Å². The third-order valence-corrected chi connectivity index (χ3v) is 5.76. The molecule has 1 aliphatic rings. The van der Waals surface area contributed by atoms with Crippen molar-refractivity contribution >= 4 is 22.8 Å². The van der Waals surface area contributed by atoms with E-state index in [4.69, 9.17) is 9.15 Å². The van der Waals surface area contributed by atoms with E-state index in [0.717, 1.165) is 29.5 Å². The summed E-state index contributed by atoms with van der Waals surface area (Å²) < 4.78 is 12.7. The SMILES string of the molecule is COc1ccc2oc(C(=O)N3CCC(CNC(=O)c4cnn(C)c4)CC3)c(C)c2c1. The van der Waals surface area contributed by atoms with Crippen molar-refractivity contribution in [2.75, 3.05) is 26.7 Å². The lowest BCUT2D eigenvalue weighted by atomic mass is 9.96. The van der Waals surface area contributed by atoms with Crippen molar-refractivity contribution in [3.05, 3.63) is 47.5 Å². The fourth-order valence-electron chi connectivity index (χ4n) is 3.89. The first-order chi connectivity index (χ1) is 14.5. The van der Waals surface area contributed by atoms with E-state index in [1.165, 1.54) is 0 Å². The largest absolute Gasteiger partial charge is 0.497 e. The number of nitrogens with zero attached hydrogens (tertiary/aromatic N) is 3. The number of nitrogens with one attached hydrogen (secondary N) is 1. The molecule has 2 amide bonds. The van der Waals surface area contributed by atoms with Gasteiger partial charge >= 0.3 is 0 Å². The Labute approximate surface area is 174 Å². The molecule has 158 valence electrons. The molecule has 0 unspecified atom stereocenters. The molecule has 1 fully saturated rings. The molecular formula is C22H26N4O4. The number of rotatable bonds is 5. The van der Waals surface area contributed by atoms with Crippen LogP contribution in [-0.4, -0.2) is 53.2 Å². The number of carbonyl (C=O) groups is 2. The molecule has 8 nitrogen and oxygen atoms in total. The number of fused-ring (bicyclic) bond motifs is 1. The van der Waals surface area contributed by atoms with Gasteiger partial charge in [0.25, 0.3) is 11.8 Å². The molecule has 1 aliphatic heterocycles. The Morgan fingerprint density at radius 3 is 2.73 bits per heavy atom. The highest BCUT2D eigenvalue weighted by Gasteiger charge is 2.28. The van der Waals surface area contributed by atoms with Crippen LogP contribution in [0, 0.1) is 12.8 Å². The summed E-state index contributed by atoms with van der Waals surface area (Å²) in [4.78, 5) is 27.0. The van der Waals surface area contributed by atoms with Crippen LogP contribution in [0.3, 0.4) is 0 Å². The maximum atomic E-state index is 13.0. The summed E-state index contributed by atoms with van der Waals surface area (Å²) in [6.07, 6.45) is 4.93. The van der Waals surface area contributed by atoms with Crippen LogP contribution in [0.4, 0.5) is 0 Å². The number of furan rings is 1. The number of aryl methyl sites for hydroxylation is 2. The molecule has 0 radical (unpaired) electrons. The van der Waals surface area contributed by atoms with Crippen LogP contribution < -0.4 is 10.1 Å². The molecule has 0 bridgehead atoms. The third-order valence-electron chi connectivity index (χ3n) is 5.76. The zero-order chi connectivity index (χ0) is 21.3. The summed E-state index contributed by atoms with van der Waals surface area (Å²) in [6, 6.07) is 5.54. The quantitative estimate of drug-likeness (QED) is 0.699. The van der Waals surface area contributed by atoms with Gasteiger partial charge in [0.1, 0.15) is 11.3 Å². The number of hydrogen-bond donors (Lipinski definition) is 1. The molecule has 1 N–H and O–H groups in total. The van der Waals surface area contributed by atoms with Gasteiger partial charge in [-0.1, -0.05) is 0 Å². The Kier molecular flexibility index (Phi) is 5.48. The number of piperidine rings is 1. The highest BCUT2D eigenvalue weighted by atomic mass is 16.5. The van der Waals surface area contributed by atoms with E-state index < -0.39 is 0 Å². The average Bonchev–Trinajstić information content (AvgIpc) is 3.35. The first kappa shape index (κ1) is 20.0. The fourth-order valence-corrected chi connectivity index (χ4v) is 3.89. The van der Waals surface area contributed by atoms with Gasteiger partial charge in [0.05, 0.1) is 18.9 Å². The molecule has 1 saturated heterocycles. The molecule has 3 heterocycles. The van der Waals surface area contributed by atoms with Gasteiger partial charge in [0.2, 0.25) is 0 Å². The lowest BCUT2D eigenvalue weighted by Crippen LogP contribution is -2.41. The molecule has 3 aromatic rings. The predicted octanol–water partition coefficient (Wildman–Crippen LogP) is 2.77. The van der Waals surface area contributed by atoms with Crippen LogP contribution in [0.25, 0.3) is 11.0 Å². The van der Waals surface area contributed by atoms with E-state index in [1.807, 2.05) is 30.0 Å². The standard InChI is InChI=1S/C22H26N4O4/c1-14-18-10-17(29-3)4-5-19(18)30-20(14)22(28)26-8-6-15(7-9-26)11-23-21(27)16-12-24-25(2)13-16/h4-5,10,12-13,15H,6-9,11H2,1-3H3,(H,23,27). The molecule has 1 aromatic carbocycles. The summed E-state index contributed by atoms with van der Waals surface area (Å²) in [5.74, 6) is 1.27. The van der Waals surface area contributed by atoms with Crippen molar-refractivity contribution in [2.24, 2.45) is 13.0 Å². The minimum Gasteiger partial charge on any atom is -0.497 e. The van der Waals surface area contributed by atoms with Gasteiger partial charge in [-0.3, -0.25) is 14.3 Å². The molecule has 2 aromatic heterocycles. The van der Waals surface area contributed by atoms with Gasteiger partial charge in [0.15, 0.2) is 5.76 Å². The van der Waals surface area contributed by atoms with Crippen molar-refractivity contribution in [1.82, 2.24) is 20.0 Å². The maximum absolute atomic E-state index is 13.0. The van der Waals surface area contributed by atoms with E-state index in [0.29, 0.717) is 42.5 Å². The Morgan fingerprint density at radius 2 is 2.07 bits per heavy atom. The molecule has 0 aliphatic carbocycles. The first-order valence-corrected chi connectivity index (χ1v) is 10.1. The number of ether oxygens (including phenoxy) is 1. The Hall–Kier alpha value is -3.29. The Bertz CT molecular complexity index is 1080. The van der Waals surface area contributed by atoms with E-state index in [1.54, 1.807) is 31.2 Å². The number of amides is 2. The van der Waals surface area contributed by atoms with E-state index in [-0.39, 0.29) is 11.8 Å². The summed E-state index contributed by atoms with van der Waals surface area (Å²) in [5.41, 5.74) is 2.08. The summed E-state index contributed by atoms with van der Waals surface area (Å²) in [6.45, 7) is 3.79. The second-order valence-electron chi connectivity index (χ2n) is 7.77. The minimum absolute atomic E-state index is 0.0829. The maximum Gasteiger partial charge on any atom is 0.289 e. The van der Waals surface area contributed by atoms with Gasteiger partial charge in [-0.15, -0.1) is 0 Å². The lowest BCUT2D eigenvalue weighted by Gasteiger charge is -2.31. The van der Waals surface area contributed by atoms with Crippen LogP contribution in [0.1, 0.15) is 39.3 Å². The smallest absolute Gasteiger partial charge is 0.289 e. The number of methoxy groups -OCH3 is 1. The molecule has 0 saturated carbocycles. The molecular weight excluding hydrogens is 384 g/mol. The molecule has 0 atom stereocenters. The van der Waals surface area contributed by atoms with E-state index >= 15 is 0 Å². The van der Waals surface area contributed by atoms with Crippen LogP contribution in [-0.2, 0) is 7.05 Å². The second-order valence-corrected chi connectivity index (χ2v) is 7.77. The predicted molar refractivity (Wildman–Crippen MR) is 112 cm³/mol. The van der Waals surface area contributed by atoms with Gasteiger partial charge in [0, 0.05) is 43.8 Å². The van der Waals surface area contributed by atoms with Crippen molar-refractivity contribution in [3.63, 3.8) is 0 Å². The average molecular weight is 410 g/mol. The number of likely N-dealkylation sites (tertiary alicyclic amines) is 1. The van der Waals surface area contributed by atoms with Gasteiger partial charge in [-0.2, -0.15) is 5.10 Å². The van der Waals surface area contributed by atoms with Gasteiger partial charge in [-0.25, -0.2) is 0 Å². The number of benzene rings is 1. The van der Waals surface area contributed by atoms with Crippen molar-refractivity contribution in [3.8, 4) is 5.75 Å². The number of carbonyl (C=O) groups excluding carboxylic acids is 2. The summed E-state index contributed by atoms with van der Waals surface area (Å²) in [7, 11) is 3.40. The second kappa shape index (κ2) is 8.22. The van der Waals surface area contributed by atoms with E-state index in [9.17, 15) is 9.59 Å². The Morgan fingerprint density at radius 1 is 1.30 bits per heavy atom.